The van der Waals surface area contributed by atoms with Crippen molar-refractivity contribution in [1.82, 2.24) is 0 Å². The minimum absolute atomic E-state index is 0.0929. The minimum Gasteiger partial charge on any atom is -0.496 e. The minimum atomic E-state index is -0.0929. The number of aryl methyl sites for hydroxylation is 2. The van der Waals surface area contributed by atoms with Crippen LogP contribution in [0.25, 0.3) is 0 Å². The van der Waals surface area contributed by atoms with E-state index in [2.05, 4.69) is 51.1 Å². The van der Waals surface area contributed by atoms with Crippen LogP contribution in [0.3, 0.4) is 0 Å². The Morgan fingerprint density at radius 3 is 2.50 bits per heavy atom. The molecule has 0 bridgehead atoms. The molecule has 0 N–H and O–H groups in total. The number of methoxy groups -OCH3 is 1. The van der Waals surface area contributed by atoms with Crippen molar-refractivity contribution in [3.05, 3.63) is 58.7 Å². The van der Waals surface area contributed by atoms with Crippen LogP contribution < -0.4 is 10.0 Å². The summed E-state index contributed by atoms with van der Waals surface area (Å²) >= 11 is 0. The molecule has 0 aliphatic heterocycles. The molecule has 0 spiro atoms. The molecule has 0 aliphatic rings. The van der Waals surface area contributed by atoms with Gasteiger partial charge in [0.2, 0.25) is 0 Å². The van der Waals surface area contributed by atoms with Gasteiger partial charge in [0.25, 0.3) is 0 Å². The van der Waals surface area contributed by atoms with E-state index in [9.17, 15) is 4.79 Å². The number of para-hydroxylation sites is 1. The zero-order valence-corrected chi connectivity index (χ0v) is 14.9. The van der Waals surface area contributed by atoms with Crippen molar-refractivity contribution >= 4 is 20.2 Å². The number of hydrogen-bond donors (Lipinski definition) is 0. The monoisotopic (exact) mass is 314 g/mol. The van der Waals surface area contributed by atoms with E-state index in [0.29, 0.717) is 8.58 Å². The Bertz CT molecular complexity index is 690. The SMILES string of the molecule is COc1c(C)cccc1C(C)(C)Pc1ccc(C)cc1C=O. The summed E-state index contributed by atoms with van der Waals surface area (Å²) in [5, 5.41) is 1.01. The van der Waals surface area contributed by atoms with E-state index in [1.165, 1.54) is 5.56 Å². The second-order valence-electron chi connectivity index (χ2n) is 6.11. The molecule has 2 rings (SSSR count). The van der Waals surface area contributed by atoms with Crippen LogP contribution >= 0.6 is 8.58 Å². The Morgan fingerprint density at radius 1 is 1.14 bits per heavy atom. The number of carbonyl (C=O) groups is 1. The van der Waals surface area contributed by atoms with Crippen LogP contribution in [0, 0.1) is 13.8 Å². The fraction of sp³-hybridized carbons (Fsp3) is 0.316. The molecule has 116 valence electrons. The van der Waals surface area contributed by atoms with Gasteiger partial charge in [0.05, 0.1) is 7.11 Å². The summed E-state index contributed by atoms with van der Waals surface area (Å²) in [7, 11) is 2.21. The van der Waals surface area contributed by atoms with Gasteiger partial charge in [-0.2, -0.15) is 0 Å². The van der Waals surface area contributed by atoms with E-state index in [4.69, 9.17) is 4.74 Å². The molecule has 2 aromatic rings. The lowest BCUT2D eigenvalue weighted by molar-refractivity contribution is 0.112. The van der Waals surface area contributed by atoms with Gasteiger partial charge in [-0.3, -0.25) is 4.79 Å². The van der Waals surface area contributed by atoms with Gasteiger partial charge in [-0.15, -0.1) is 0 Å². The predicted molar refractivity (Wildman–Crippen MR) is 95.3 cm³/mol. The quantitative estimate of drug-likeness (QED) is 0.605. The van der Waals surface area contributed by atoms with Gasteiger partial charge in [0.1, 0.15) is 5.75 Å². The van der Waals surface area contributed by atoms with Crippen LogP contribution in [0.2, 0.25) is 0 Å². The van der Waals surface area contributed by atoms with Crippen molar-refractivity contribution in [3.8, 4) is 5.75 Å². The topological polar surface area (TPSA) is 26.3 Å². The third-order valence-corrected chi connectivity index (χ3v) is 5.49. The van der Waals surface area contributed by atoms with Crippen LogP contribution in [0.4, 0.5) is 0 Å². The Morgan fingerprint density at radius 2 is 1.86 bits per heavy atom. The first-order chi connectivity index (χ1) is 10.4. The van der Waals surface area contributed by atoms with Crippen molar-refractivity contribution in [2.45, 2.75) is 32.9 Å². The van der Waals surface area contributed by atoms with Gasteiger partial charge in [-0.1, -0.05) is 58.3 Å². The van der Waals surface area contributed by atoms with Gasteiger partial charge in [-0.05, 0) is 30.8 Å². The van der Waals surface area contributed by atoms with Gasteiger partial charge in [-0.25, -0.2) is 0 Å². The van der Waals surface area contributed by atoms with Gasteiger partial charge >= 0.3 is 0 Å². The first-order valence-electron chi connectivity index (χ1n) is 7.37. The van der Waals surface area contributed by atoms with Crippen molar-refractivity contribution in [2.24, 2.45) is 0 Å². The molecule has 0 heterocycles. The molecule has 0 aromatic heterocycles. The summed E-state index contributed by atoms with van der Waals surface area (Å²) in [5.41, 5.74) is 4.22. The van der Waals surface area contributed by atoms with Crippen LogP contribution in [-0.2, 0) is 5.16 Å². The maximum Gasteiger partial charge on any atom is 0.150 e. The van der Waals surface area contributed by atoms with Crippen molar-refractivity contribution in [1.29, 1.82) is 0 Å². The molecule has 22 heavy (non-hydrogen) atoms. The maximum absolute atomic E-state index is 11.4. The standard InChI is InChI=1S/C19H23O2P/c1-13-9-10-17(15(11-13)12-20)22-19(3,4)16-8-6-7-14(2)18(16)21-5/h6-12,22H,1-5H3. The second kappa shape index (κ2) is 6.62. The van der Waals surface area contributed by atoms with E-state index in [1.54, 1.807) is 7.11 Å². The Hall–Kier alpha value is -1.66. The van der Waals surface area contributed by atoms with Crippen LogP contribution in [-0.4, -0.2) is 13.4 Å². The summed E-state index contributed by atoms with van der Waals surface area (Å²) in [4.78, 5) is 11.4. The van der Waals surface area contributed by atoms with E-state index in [1.807, 2.05) is 13.0 Å². The average molecular weight is 314 g/mol. The van der Waals surface area contributed by atoms with Gasteiger partial charge in [0.15, 0.2) is 6.29 Å². The molecule has 0 saturated carbocycles. The molecular weight excluding hydrogens is 291 g/mol. The van der Waals surface area contributed by atoms with Gasteiger partial charge < -0.3 is 4.74 Å². The summed E-state index contributed by atoms with van der Waals surface area (Å²) in [5.74, 6) is 0.944. The molecule has 0 saturated heterocycles. The molecule has 2 nitrogen and oxygen atoms in total. The summed E-state index contributed by atoms with van der Waals surface area (Å²) in [6.07, 6.45) is 0.957. The normalized spacial score (nSPS) is 11.9. The number of ether oxygens (including phenoxy) is 1. The van der Waals surface area contributed by atoms with Crippen LogP contribution in [0.1, 0.15) is 40.9 Å². The first-order valence-corrected chi connectivity index (χ1v) is 8.37. The summed E-state index contributed by atoms with van der Waals surface area (Å²) in [6, 6.07) is 12.3. The fourth-order valence-corrected chi connectivity index (χ4v) is 4.16. The highest BCUT2D eigenvalue weighted by Gasteiger charge is 2.26. The summed E-state index contributed by atoms with van der Waals surface area (Å²) < 4.78 is 5.61. The number of carbonyl (C=O) groups excluding carboxylic acids is 1. The third kappa shape index (κ3) is 3.39. The highest BCUT2D eigenvalue weighted by Crippen LogP contribution is 2.45. The number of rotatable bonds is 5. The molecular formula is C19H23O2P. The molecule has 2 aromatic carbocycles. The lowest BCUT2D eigenvalue weighted by atomic mass is 9.98. The number of benzene rings is 2. The van der Waals surface area contributed by atoms with E-state index >= 15 is 0 Å². The number of aldehydes is 1. The van der Waals surface area contributed by atoms with Crippen LogP contribution in [0.5, 0.6) is 5.75 Å². The Kier molecular flexibility index (Phi) is 5.03. The lowest BCUT2D eigenvalue weighted by Crippen LogP contribution is -2.18. The Labute approximate surface area is 134 Å². The molecule has 1 unspecified atom stereocenters. The fourth-order valence-electron chi connectivity index (χ4n) is 2.71. The molecule has 0 fully saturated rings. The highest BCUT2D eigenvalue weighted by atomic mass is 31.1. The van der Waals surface area contributed by atoms with E-state index in [-0.39, 0.29) is 5.16 Å². The van der Waals surface area contributed by atoms with Crippen molar-refractivity contribution in [3.63, 3.8) is 0 Å². The van der Waals surface area contributed by atoms with Crippen molar-refractivity contribution in [2.75, 3.05) is 7.11 Å². The maximum atomic E-state index is 11.4. The molecule has 0 amide bonds. The smallest absolute Gasteiger partial charge is 0.150 e. The largest absolute Gasteiger partial charge is 0.496 e. The first kappa shape index (κ1) is 16.7. The predicted octanol–water partition coefficient (Wildman–Crippen LogP) is 4.36. The summed E-state index contributed by atoms with van der Waals surface area (Å²) in [6.45, 7) is 8.48. The lowest BCUT2D eigenvalue weighted by Gasteiger charge is -2.28. The molecule has 0 radical (unpaired) electrons. The number of hydrogen-bond acceptors (Lipinski definition) is 2. The Balaban J connectivity index is 2.44. The van der Waals surface area contributed by atoms with Gasteiger partial charge in [0, 0.05) is 16.3 Å². The zero-order chi connectivity index (χ0) is 16.3. The average Bonchev–Trinajstić information content (AvgIpc) is 2.48. The van der Waals surface area contributed by atoms with E-state index < -0.39 is 0 Å². The third-order valence-electron chi connectivity index (χ3n) is 3.87. The van der Waals surface area contributed by atoms with E-state index in [0.717, 1.165) is 34.0 Å². The van der Waals surface area contributed by atoms with Crippen molar-refractivity contribution < 1.29 is 9.53 Å². The highest BCUT2D eigenvalue weighted by molar-refractivity contribution is 7.48. The zero-order valence-electron chi connectivity index (χ0n) is 13.9. The van der Waals surface area contributed by atoms with Crippen LogP contribution in [0.15, 0.2) is 36.4 Å². The molecule has 0 aliphatic carbocycles. The second-order valence-corrected chi connectivity index (χ2v) is 8.15. The molecule has 1 atom stereocenters. The molecule has 3 heteroatoms.